The van der Waals surface area contributed by atoms with Gasteiger partial charge >= 0.3 is 0 Å². The van der Waals surface area contributed by atoms with Gasteiger partial charge < -0.3 is 5.11 Å². The zero-order chi connectivity index (χ0) is 10.7. The molecule has 1 unspecified atom stereocenters. The van der Waals surface area contributed by atoms with Crippen LogP contribution in [-0.2, 0) is 6.54 Å². The van der Waals surface area contributed by atoms with Gasteiger partial charge in [-0.1, -0.05) is 6.92 Å². The third-order valence-electron chi connectivity index (χ3n) is 2.15. The van der Waals surface area contributed by atoms with E-state index in [1.165, 1.54) is 11.3 Å². The summed E-state index contributed by atoms with van der Waals surface area (Å²) in [7, 11) is 0. The molecule has 0 radical (unpaired) electrons. The van der Waals surface area contributed by atoms with Crippen LogP contribution in [0.2, 0.25) is 0 Å². The van der Waals surface area contributed by atoms with Gasteiger partial charge in [0.05, 0.1) is 17.4 Å². The number of thiazole rings is 1. The summed E-state index contributed by atoms with van der Waals surface area (Å²) in [5.41, 5.74) is 3.21. The molecule has 2 aromatic heterocycles. The summed E-state index contributed by atoms with van der Waals surface area (Å²) in [5.74, 6) is 0. The summed E-state index contributed by atoms with van der Waals surface area (Å²) < 4.78 is 1.84. The highest BCUT2D eigenvalue weighted by molar-refractivity contribution is 7.07. The van der Waals surface area contributed by atoms with Crippen LogP contribution >= 0.6 is 11.3 Å². The van der Waals surface area contributed by atoms with E-state index in [9.17, 15) is 5.11 Å². The molecule has 1 N–H and O–H groups in total. The van der Waals surface area contributed by atoms with Crippen molar-refractivity contribution in [1.29, 1.82) is 0 Å². The molecule has 4 nitrogen and oxygen atoms in total. The molecule has 2 heterocycles. The first kappa shape index (κ1) is 10.3. The first-order chi connectivity index (χ1) is 7.31. The second kappa shape index (κ2) is 4.55. The number of aromatic nitrogens is 3. The van der Waals surface area contributed by atoms with Gasteiger partial charge in [-0.2, -0.15) is 5.10 Å². The van der Waals surface area contributed by atoms with Crippen LogP contribution < -0.4 is 0 Å². The lowest BCUT2D eigenvalue weighted by molar-refractivity contribution is 0.216. The molecule has 0 aliphatic rings. The van der Waals surface area contributed by atoms with Crippen LogP contribution in [0.3, 0.4) is 0 Å². The first-order valence-electron chi connectivity index (χ1n) is 4.89. The minimum absolute atomic E-state index is 0.651. The van der Waals surface area contributed by atoms with Crippen molar-refractivity contribution in [3.05, 3.63) is 34.5 Å². The zero-order valence-corrected chi connectivity index (χ0v) is 9.31. The van der Waals surface area contributed by atoms with Crippen molar-refractivity contribution in [2.75, 3.05) is 0 Å². The fourth-order valence-electron chi connectivity index (χ4n) is 1.40. The minimum Gasteiger partial charge on any atom is -0.382 e. The molecule has 1 atom stereocenters. The highest BCUT2D eigenvalue weighted by atomic mass is 32.1. The van der Waals surface area contributed by atoms with Crippen LogP contribution in [0.15, 0.2) is 23.3 Å². The first-order valence-corrected chi connectivity index (χ1v) is 5.84. The Hall–Kier alpha value is -1.20. The molecule has 2 aromatic rings. The van der Waals surface area contributed by atoms with Crippen molar-refractivity contribution < 1.29 is 5.11 Å². The van der Waals surface area contributed by atoms with Crippen LogP contribution in [-0.4, -0.2) is 19.9 Å². The van der Waals surface area contributed by atoms with E-state index in [0.29, 0.717) is 5.69 Å². The summed E-state index contributed by atoms with van der Waals surface area (Å²) >= 11 is 1.48. The third-order valence-corrected chi connectivity index (χ3v) is 2.76. The van der Waals surface area contributed by atoms with E-state index in [2.05, 4.69) is 17.0 Å². The third kappa shape index (κ3) is 2.24. The Morgan fingerprint density at radius 3 is 3.13 bits per heavy atom. The number of rotatable bonds is 4. The summed E-state index contributed by atoms with van der Waals surface area (Å²) in [4.78, 5) is 4.08. The monoisotopic (exact) mass is 223 g/mol. The summed E-state index contributed by atoms with van der Waals surface area (Å²) in [6.45, 7) is 2.97. The Labute approximate surface area is 92.2 Å². The number of hydrogen-bond acceptors (Lipinski definition) is 4. The Balaban J connectivity index is 2.15. The largest absolute Gasteiger partial charge is 0.382 e. The van der Waals surface area contributed by atoms with Crippen molar-refractivity contribution in [2.45, 2.75) is 26.0 Å². The van der Waals surface area contributed by atoms with Crippen molar-refractivity contribution >= 4 is 11.3 Å². The lowest BCUT2D eigenvalue weighted by atomic mass is 10.2. The Bertz CT molecular complexity index is 410. The van der Waals surface area contributed by atoms with Gasteiger partial charge in [-0.15, -0.1) is 11.3 Å². The minimum atomic E-state index is -0.651. The van der Waals surface area contributed by atoms with E-state index in [1.807, 2.05) is 16.3 Å². The lowest BCUT2D eigenvalue weighted by Crippen LogP contribution is -1.99. The molecule has 0 fully saturated rings. The number of aliphatic hydroxyl groups excluding tert-OH is 1. The molecule has 15 heavy (non-hydrogen) atoms. The highest BCUT2D eigenvalue weighted by Gasteiger charge is 2.13. The Kier molecular flexibility index (Phi) is 3.13. The summed E-state index contributed by atoms with van der Waals surface area (Å²) in [6.07, 6.45) is 3.95. The smallest absolute Gasteiger partial charge is 0.125 e. The van der Waals surface area contributed by atoms with Gasteiger partial charge in [0.25, 0.3) is 0 Å². The molecule has 80 valence electrons. The van der Waals surface area contributed by atoms with Gasteiger partial charge in [-0.05, 0) is 6.42 Å². The van der Waals surface area contributed by atoms with Crippen LogP contribution in [0, 0.1) is 0 Å². The van der Waals surface area contributed by atoms with E-state index in [0.717, 1.165) is 18.5 Å². The van der Waals surface area contributed by atoms with Gasteiger partial charge in [0, 0.05) is 23.7 Å². The van der Waals surface area contributed by atoms with E-state index in [-0.39, 0.29) is 0 Å². The quantitative estimate of drug-likeness (QED) is 0.860. The van der Waals surface area contributed by atoms with Crippen LogP contribution in [0.4, 0.5) is 0 Å². The number of aliphatic hydroxyl groups is 1. The molecule has 0 saturated heterocycles. The normalized spacial score (nSPS) is 12.9. The SMILES string of the molecule is CCCn1cc(C(O)c2cscn2)cn1. The maximum absolute atomic E-state index is 9.95. The van der Waals surface area contributed by atoms with E-state index in [4.69, 9.17) is 0 Å². The van der Waals surface area contributed by atoms with Crippen molar-refractivity contribution in [3.8, 4) is 0 Å². The van der Waals surface area contributed by atoms with Gasteiger partial charge in [0.2, 0.25) is 0 Å². The molecule has 0 aliphatic carbocycles. The number of nitrogens with zero attached hydrogens (tertiary/aromatic N) is 3. The van der Waals surface area contributed by atoms with Gasteiger partial charge in [0.15, 0.2) is 0 Å². The lowest BCUT2D eigenvalue weighted by Gasteiger charge is -2.03. The Morgan fingerprint density at radius 2 is 2.47 bits per heavy atom. The molecule has 0 saturated carbocycles. The van der Waals surface area contributed by atoms with Crippen LogP contribution in [0.1, 0.15) is 30.7 Å². The van der Waals surface area contributed by atoms with Gasteiger partial charge in [0.1, 0.15) is 6.10 Å². The second-order valence-electron chi connectivity index (χ2n) is 3.35. The fourth-order valence-corrected chi connectivity index (χ4v) is 1.97. The van der Waals surface area contributed by atoms with E-state index >= 15 is 0 Å². The van der Waals surface area contributed by atoms with Crippen LogP contribution in [0.25, 0.3) is 0 Å². The molecule has 0 amide bonds. The van der Waals surface area contributed by atoms with E-state index in [1.54, 1.807) is 11.7 Å². The molecule has 0 spiro atoms. The number of hydrogen-bond donors (Lipinski definition) is 1. The predicted molar refractivity (Wildman–Crippen MR) is 58.7 cm³/mol. The van der Waals surface area contributed by atoms with Crippen molar-refractivity contribution in [1.82, 2.24) is 14.8 Å². The zero-order valence-electron chi connectivity index (χ0n) is 8.50. The highest BCUT2D eigenvalue weighted by Crippen LogP contribution is 2.20. The molecule has 0 aromatic carbocycles. The average molecular weight is 223 g/mol. The topological polar surface area (TPSA) is 50.9 Å². The molecular weight excluding hydrogens is 210 g/mol. The van der Waals surface area contributed by atoms with Crippen molar-refractivity contribution in [2.24, 2.45) is 0 Å². The summed E-state index contributed by atoms with van der Waals surface area (Å²) in [5, 5.41) is 16.0. The average Bonchev–Trinajstić information content (AvgIpc) is 2.87. The second-order valence-corrected chi connectivity index (χ2v) is 4.07. The van der Waals surface area contributed by atoms with Gasteiger partial charge in [-0.3, -0.25) is 4.68 Å². The molecule has 0 bridgehead atoms. The molecule has 5 heteroatoms. The maximum Gasteiger partial charge on any atom is 0.125 e. The van der Waals surface area contributed by atoms with E-state index < -0.39 is 6.10 Å². The van der Waals surface area contributed by atoms with Crippen molar-refractivity contribution in [3.63, 3.8) is 0 Å². The maximum atomic E-state index is 9.95. The molecule has 2 rings (SSSR count). The standard InChI is InChI=1S/C10H13N3OS/c1-2-3-13-5-8(4-12-13)10(14)9-6-15-7-11-9/h4-7,10,14H,2-3H2,1H3. The molecular formula is C10H13N3OS. The molecule has 0 aliphatic heterocycles. The number of aryl methyl sites for hydroxylation is 1. The van der Waals surface area contributed by atoms with Crippen LogP contribution in [0.5, 0.6) is 0 Å². The Morgan fingerprint density at radius 1 is 1.60 bits per heavy atom. The summed E-state index contributed by atoms with van der Waals surface area (Å²) in [6, 6.07) is 0. The fraction of sp³-hybridized carbons (Fsp3) is 0.400. The van der Waals surface area contributed by atoms with Gasteiger partial charge in [-0.25, -0.2) is 4.98 Å². The predicted octanol–water partition coefficient (Wildman–Crippen LogP) is 1.83.